The molecule has 94 valence electrons. The second-order valence-corrected chi connectivity index (χ2v) is 4.16. The molecule has 5 nitrogen and oxygen atoms in total. The summed E-state index contributed by atoms with van der Waals surface area (Å²) in [5.41, 5.74) is 5.70. The zero-order valence-corrected chi connectivity index (χ0v) is 10.2. The van der Waals surface area contributed by atoms with Gasteiger partial charge in [-0.1, -0.05) is 12.1 Å². The number of likely N-dealkylation sites (tertiary alicyclic amines) is 1. The van der Waals surface area contributed by atoms with E-state index in [0.29, 0.717) is 11.9 Å². The van der Waals surface area contributed by atoms with E-state index in [4.69, 9.17) is 15.7 Å². The Morgan fingerprint density at radius 3 is 2.94 bits per heavy atom. The lowest BCUT2D eigenvalue weighted by Crippen LogP contribution is -2.50. The summed E-state index contributed by atoms with van der Waals surface area (Å²) < 4.78 is 5.64. The molecular formula is C11H23N3O2. The van der Waals surface area contributed by atoms with Crippen LogP contribution in [0.3, 0.4) is 0 Å². The molecule has 0 aromatic heterocycles. The minimum Gasteiger partial charge on any atom is -0.409 e. The molecule has 2 atom stereocenters. The average molecular weight is 229 g/mol. The summed E-state index contributed by atoms with van der Waals surface area (Å²) in [6, 6.07) is 0.0354. The van der Waals surface area contributed by atoms with Gasteiger partial charge >= 0.3 is 0 Å². The first-order valence-corrected chi connectivity index (χ1v) is 6.05. The van der Waals surface area contributed by atoms with E-state index in [-0.39, 0.29) is 6.04 Å². The van der Waals surface area contributed by atoms with Gasteiger partial charge < -0.3 is 15.7 Å². The monoisotopic (exact) mass is 229 g/mol. The number of nitrogens with zero attached hydrogens (tertiary/aromatic N) is 2. The summed E-state index contributed by atoms with van der Waals surface area (Å²) >= 11 is 0. The summed E-state index contributed by atoms with van der Waals surface area (Å²) in [7, 11) is 0. The molecule has 1 rings (SSSR count). The van der Waals surface area contributed by atoms with Gasteiger partial charge in [-0.15, -0.1) is 0 Å². The molecule has 1 aliphatic heterocycles. The van der Waals surface area contributed by atoms with Crippen molar-refractivity contribution in [2.45, 2.75) is 45.3 Å². The fourth-order valence-electron chi connectivity index (χ4n) is 2.34. The molecule has 5 heteroatoms. The van der Waals surface area contributed by atoms with Crippen LogP contribution in [0.15, 0.2) is 5.16 Å². The molecule has 0 radical (unpaired) electrons. The highest BCUT2D eigenvalue weighted by molar-refractivity contribution is 5.85. The maximum atomic E-state index is 8.74. The van der Waals surface area contributed by atoms with Gasteiger partial charge in [-0.25, -0.2) is 0 Å². The zero-order chi connectivity index (χ0) is 12.0. The van der Waals surface area contributed by atoms with Crippen molar-refractivity contribution in [2.75, 3.05) is 19.7 Å². The van der Waals surface area contributed by atoms with Crippen LogP contribution >= 0.6 is 0 Å². The second-order valence-electron chi connectivity index (χ2n) is 4.16. The molecule has 1 fully saturated rings. The van der Waals surface area contributed by atoms with Crippen LogP contribution in [0, 0.1) is 0 Å². The SMILES string of the molecule is CCOC1CCCN(C(CC)C(N)=NO)C1. The van der Waals surface area contributed by atoms with Gasteiger partial charge in [0, 0.05) is 13.2 Å². The standard InChI is InChI=1S/C11H23N3O2/c1-3-10(11(12)13-15)14-7-5-6-9(8-14)16-4-2/h9-10,15H,3-8H2,1-2H3,(H2,12,13). The van der Waals surface area contributed by atoms with Crippen LogP contribution in [-0.2, 0) is 4.74 Å². The zero-order valence-electron chi connectivity index (χ0n) is 10.2. The molecule has 16 heavy (non-hydrogen) atoms. The molecule has 1 heterocycles. The number of hydrogen-bond donors (Lipinski definition) is 2. The van der Waals surface area contributed by atoms with Gasteiger partial charge in [0.15, 0.2) is 5.84 Å². The summed E-state index contributed by atoms with van der Waals surface area (Å²) in [4.78, 5) is 2.25. The lowest BCUT2D eigenvalue weighted by Gasteiger charge is -2.37. The molecule has 3 N–H and O–H groups in total. The maximum Gasteiger partial charge on any atom is 0.156 e. The molecular weight excluding hydrogens is 206 g/mol. The Kier molecular flexibility index (Phi) is 5.55. The largest absolute Gasteiger partial charge is 0.409 e. The van der Waals surface area contributed by atoms with Crippen LogP contribution in [0.25, 0.3) is 0 Å². The Hall–Kier alpha value is -0.810. The van der Waals surface area contributed by atoms with Crippen molar-refractivity contribution < 1.29 is 9.94 Å². The highest BCUT2D eigenvalue weighted by Crippen LogP contribution is 2.17. The van der Waals surface area contributed by atoms with Crippen molar-refractivity contribution >= 4 is 5.84 Å². The molecule has 0 saturated carbocycles. The van der Waals surface area contributed by atoms with Crippen molar-refractivity contribution in [3.05, 3.63) is 0 Å². The number of ether oxygens (including phenoxy) is 1. The number of hydrogen-bond acceptors (Lipinski definition) is 4. The highest BCUT2D eigenvalue weighted by Gasteiger charge is 2.27. The van der Waals surface area contributed by atoms with Gasteiger partial charge in [0.2, 0.25) is 0 Å². The van der Waals surface area contributed by atoms with Crippen LogP contribution < -0.4 is 5.73 Å². The lowest BCUT2D eigenvalue weighted by molar-refractivity contribution is -0.000237. The van der Waals surface area contributed by atoms with Crippen molar-refractivity contribution in [1.29, 1.82) is 0 Å². The topological polar surface area (TPSA) is 71.1 Å². The second kappa shape index (κ2) is 6.70. The lowest BCUT2D eigenvalue weighted by atomic mass is 10.0. The smallest absolute Gasteiger partial charge is 0.156 e. The molecule has 1 saturated heterocycles. The van der Waals surface area contributed by atoms with Crippen LogP contribution in [0.5, 0.6) is 0 Å². The highest BCUT2D eigenvalue weighted by atomic mass is 16.5. The first-order valence-electron chi connectivity index (χ1n) is 6.05. The van der Waals surface area contributed by atoms with Gasteiger partial charge in [-0.3, -0.25) is 4.90 Å². The van der Waals surface area contributed by atoms with Gasteiger partial charge in [0.1, 0.15) is 0 Å². The van der Waals surface area contributed by atoms with Crippen LogP contribution in [0.4, 0.5) is 0 Å². The third kappa shape index (κ3) is 3.35. The molecule has 0 amide bonds. The first kappa shape index (κ1) is 13.3. The van der Waals surface area contributed by atoms with Crippen molar-refractivity contribution in [1.82, 2.24) is 4.90 Å². The van der Waals surface area contributed by atoms with E-state index in [9.17, 15) is 0 Å². The molecule has 0 aromatic carbocycles. The van der Waals surface area contributed by atoms with E-state index in [0.717, 1.165) is 39.0 Å². The number of oxime groups is 1. The van der Waals surface area contributed by atoms with Gasteiger partial charge in [0.25, 0.3) is 0 Å². The van der Waals surface area contributed by atoms with Crippen LogP contribution in [-0.4, -0.2) is 47.8 Å². The number of nitrogens with two attached hydrogens (primary N) is 1. The van der Waals surface area contributed by atoms with Crippen LogP contribution in [0.2, 0.25) is 0 Å². The third-order valence-corrected chi connectivity index (χ3v) is 3.10. The molecule has 0 aromatic rings. The fourth-order valence-corrected chi connectivity index (χ4v) is 2.34. The quantitative estimate of drug-likeness (QED) is 0.319. The Balaban J connectivity index is 2.57. The van der Waals surface area contributed by atoms with E-state index in [2.05, 4.69) is 10.1 Å². The third-order valence-electron chi connectivity index (χ3n) is 3.10. The Morgan fingerprint density at radius 2 is 2.38 bits per heavy atom. The Morgan fingerprint density at radius 1 is 1.62 bits per heavy atom. The summed E-state index contributed by atoms with van der Waals surface area (Å²) in [6.07, 6.45) is 3.37. The average Bonchev–Trinajstić information content (AvgIpc) is 2.31. The Labute approximate surface area is 97.2 Å². The molecule has 0 spiro atoms. The van der Waals surface area contributed by atoms with E-state index in [1.54, 1.807) is 0 Å². The van der Waals surface area contributed by atoms with Gasteiger partial charge in [0.05, 0.1) is 12.1 Å². The summed E-state index contributed by atoms with van der Waals surface area (Å²) in [5, 5.41) is 11.9. The van der Waals surface area contributed by atoms with E-state index < -0.39 is 0 Å². The normalized spacial score (nSPS) is 25.6. The van der Waals surface area contributed by atoms with Gasteiger partial charge in [-0.05, 0) is 32.7 Å². The predicted octanol–water partition coefficient (Wildman–Crippen LogP) is 1.01. The predicted molar refractivity (Wildman–Crippen MR) is 63.7 cm³/mol. The van der Waals surface area contributed by atoms with Crippen LogP contribution in [0.1, 0.15) is 33.1 Å². The summed E-state index contributed by atoms with van der Waals surface area (Å²) in [5.74, 6) is 0.305. The summed E-state index contributed by atoms with van der Waals surface area (Å²) in [6.45, 7) is 6.69. The number of piperidine rings is 1. The van der Waals surface area contributed by atoms with Crippen molar-refractivity contribution in [3.8, 4) is 0 Å². The first-order chi connectivity index (χ1) is 7.72. The van der Waals surface area contributed by atoms with E-state index >= 15 is 0 Å². The minimum absolute atomic E-state index is 0.0354. The Bertz CT molecular complexity index is 231. The van der Waals surface area contributed by atoms with E-state index in [1.165, 1.54) is 0 Å². The minimum atomic E-state index is 0.0354. The molecule has 1 aliphatic rings. The maximum absolute atomic E-state index is 8.74. The molecule has 0 bridgehead atoms. The van der Waals surface area contributed by atoms with Crippen molar-refractivity contribution in [2.24, 2.45) is 10.9 Å². The fraction of sp³-hybridized carbons (Fsp3) is 0.909. The number of amidine groups is 1. The van der Waals surface area contributed by atoms with Crippen molar-refractivity contribution in [3.63, 3.8) is 0 Å². The molecule has 0 aliphatic carbocycles. The number of rotatable bonds is 5. The molecule has 2 unspecified atom stereocenters. The van der Waals surface area contributed by atoms with Gasteiger partial charge in [-0.2, -0.15) is 0 Å². The van der Waals surface area contributed by atoms with E-state index in [1.807, 2.05) is 13.8 Å².